The number of hydrogen-bond donors (Lipinski definition) is 1. The zero-order valence-corrected chi connectivity index (χ0v) is 20.6. The second-order valence-electron chi connectivity index (χ2n) is 9.18. The number of halogens is 2. The summed E-state index contributed by atoms with van der Waals surface area (Å²) in [6, 6.07) is 2.58. The molecule has 13 heteroatoms. The maximum atomic E-state index is 14.7. The molecule has 4 rings (SSSR count). The topological polar surface area (TPSA) is 129 Å². The first kappa shape index (κ1) is 24.9. The number of amides is 1. The lowest BCUT2D eigenvalue weighted by molar-refractivity contribution is 0.0808. The molecule has 10 nitrogen and oxygen atoms in total. The molecular formula is C22H26F2N6O4S. The smallest absolute Gasteiger partial charge is 0.272 e. The highest BCUT2D eigenvalue weighted by atomic mass is 32.2. The van der Waals surface area contributed by atoms with Gasteiger partial charge in [-0.3, -0.25) is 9.48 Å². The minimum Gasteiger partial charge on any atom is -0.444 e. The van der Waals surface area contributed by atoms with Gasteiger partial charge in [-0.05, 0) is 39.7 Å². The van der Waals surface area contributed by atoms with Crippen LogP contribution in [0.1, 0.15) is 57.1 Å². The molecule has 1 atom stereocenters. The zero-order chi connectivity index (χ0) is 25.5. The Kier molecular flexibility index (Phi) is 6.47. The van der Waals surface area contributed by atoms with Crippen molar-refractivity contribution in [1.82, 2.24) is 30.3 Å². The van der Waals surface area contributed by atoms with Crippen molar-refractivity contribution in [3.05, 3.63) is 29.8 Å². The maximum absolute atomic E-state index is 14.7. The number of ether oxygens (including phenoxy) is 1. The lowest BCUT2D eigenvalue weighted by atomic mass is 9.94. The number of pyridine rings is 1. The third kappa shape index (κ3) is 5.24. The van der Waals surface area contributed by atoms with Crippen LogP contribution in [0.15, 0.2) is 18.3 Å². The first-order valence-electron chi connectivity index (χ1n) is 11.1. The predicted molar refractivity (Wildman–Crippen MR) is 124 cm³/mol. The van der Waals surface area contributed by atoms with Crippen molar-refractivity contribution in [2.75, 3.05) is 11.5 Å². The largest absolute Gasteiger partial charge is 0.444 e. The van der Waals surface area contributed by atoms with Gasteiger partial charge < -0.3 is 10.1 Å². The number of hydrogen-bond acceptors (Lipinski definition) is 8. The molecule has 1 amide bonds. The Hall–Kier alpha value is -3.22. The van der Waals surface area contributed by atoms with Gasteiger partial charge in [0.25, 0.3) is 5.91 Å². The molecule has 1 N–H and O–H groups in total. The van der Waals surface area contributed by atoms with E-state index in [-0.39, 0.29) is 45.9 Å². The molecule has 0 aliphatic carbocycles. The number of nitrogens with zero attached hydrogens (tertiary/aromatic N) is 5. The quantitative estimate of drug-likeness (QED) is 0.538. The van der Waals surface area contributed by atoms with E-state index in [1.54, 1.807) is 11.6 Å². The van der Waals surface area contributed by atoms with E-state index >= 15 is 0 Å². The highest BCUT2D eigenvalue weighted by Crippen LogP contribution is 2.32. The van der Waals surface area contributed by atoms with Crippen LogP contribution < -0.4 is 10.1 Å². The van der Waals surface area contributed by atoms with Crippen molar-refractivity contribution >= 4 is 26.8 Å². The van der Waals surface area contributed by atoms with Crippen LogP contribution in [0, 0.1) is 5.82 Å². The second-order valence-corrected chi connectivity index (χ2v) is 11.5. The fraction of sp³-hybridized carbons (Fsp3) is 0.500. The highest BCUT2D eigenvalue weighted by Gasteiger charge is 2.35. The van der Waals surface area contributed by atoms with Crippen LogP contribution in [0.25, 0.3) is 22.3 Å². The van der Waals surface area contributed by atoms with E-state index in [1.807, 2.05) is 13.8 Å². The molecule has 0 saturated carbocycles. The number of rotatable bonds is 6. The average Bonchev–Trinajstić information content (AvgIpc) is 3.16. The Morgan fingerprint density at radius 1 is 1.20 bits per heavy atom. The summed E-state index contributed by atoms with van der Waals surface area (Å²) < 4.78 is 58.0. The Labute approximate surface area is 201 Å². The third-order valence-electron chi connectivity index (χ3n) is 5.89. The van der Waals surface area contributed by atoms with Crippen LogP contribution in [-0.2, 0) is 9.84 Å². The molecule has 1 fully saturated rings. The first-order valence-corrected chi connectivity index (χ1v) is 13.0. The van der Waals surface area contributed by atoms with Gasteiger partial charge in [0.1, 0.15) is 21.0 Å². The molecule has 0 radical (unpaired) electrons. The Balaban J connectivity index is 1.71. The van der Waals surface area contributed by atoms with Gasteiger partial charge in [0, 0.05) is 30.1 Å². The average molecular weight is 509 g/mol. The van der Waals surface area contributed by atoms with Crippen LogP contribution in [0.4, 0.5) is 8.78 Å². The van der Waals surface area contributed by atoms with E-state index in [0.717, 1.165) is 6.20 Å². The van der Waals surface area contributed by atoms with E-state index in [1.165, 1.54) is 19.1 Å². The molecule has 3 aromatic rings. The normalized spacial score (nSPS) is 17.9. The molecule has 35 heavy (non-hydrogen) atoms. The second kappa shape index (κ2) is 9.10. The van der Waals surface area contributed by atoms with E-state index in [0.29, 0.717) is 18.4 Å². The molecule has 1 saturated heterocycles. The lowest BCUT2D eigenvalue weighted by Crippen LogP contribution is -2.51. The molecule has 0 bridgehead atoms. The summed E-state index contributed by atoms with van der Waals surface area (Å²) in [5.41, 5.74) is 0.174. The highest BCUT2D eigenvalue weighted by molar-refractivity contribution is 7.91. The minimum absolute atomic E-state index is 0.00229. The van der Waals surface area contributed by atoms with Crippen molar-refractivity contribution in [2.24, 2.45) is 0 Å². The molecule has 188 valence electrons. The number of aromatic nitrogens is 5. The minimum atomic E-state index is -3.09. The molecular weight excluding hydrogens is 482 g/mol. The van der Waals surface area contributed by atoms with Gasteiger partial charge in [-0.15, -0.1) is 10.2 Å². The maximum Gasteiger partial charge on any atom is 0.272 e. The van der Waals surface area contributed by atoms with Crippen molar-refractivity contribution in [2.45, 2.75) is 58.5 Å². The van der Waals surface area contributed by atoms with Gasteiger partial charge >= 0.3 is 0 Å². The molecule has 1 aliphatic heterocycles. The molecule has 0 aromatic carbocycles. The lowest BCUT2D eigenvalue weighted by Gasteiger charge is -2.34. The number of carbonyl (C=O) groups is 1. The zero-order valence-electron chi connectivity index (χ0n) is 19.7. The van der Waals surface area contributed by atoms with Crippen LogP contribution >= 0.6 is 0 Å². The number of carbonyl (C=O) groups excluding carboxylic acids is 1. The van der Waals surface area contributed by atoms with Crippen molar-refractivity contribution < 1.29 is 26.7 Å². The van der Waals surface area contributed by atoms with Crippen molar-refractivity contribution in [1.29, 1.82) is 0 Å². The summed E-state index contributed by atoms with van der Waals surface area (Å²) in [6.07, 6.45) is -0.131. The number of fused-ring (bicyclic) bond motifs is 1. The first-order chi connectivity index (χ1) is 16.4. The number of nitrogens with one attached hydrogen (secondary N) is 1. The fourth-order valence-electron chi connectivity index (χ4n) is 3.90. The van der Waals surface area contributed by atoms with Gasteiger partial charge in [0.15, 0.2) is 11.5 Å². The number of sulfone groups is 1. The summed E-state index contributed by atoms with van der Waals surface area (Å²) in [4.78, 5) is 16.7. The van der Waals surface area contributed by atoms with E-state index in [4.69, 9.17) is 4.74 Å². The van der Waals surface area contributed by atoms with Gasteiger partial charge in [-0.1, -0.05) is 0 Å². The number of alkyl halides is 1. The Bertz CT molecular complexity index is 1380. The molecule has 3 aromatic heterocycles. The molecule has 1 unspecified atom stereocenters. The third-order valence-corrected chi connectivity index (χ3v) is 7.54. The summed E-state index contributed by atoms with van der Waals surface area (Å²) in [7, 11) is -3.09. The molecule has 0 spiro atoms. The Morgan fingerprint density at radius 3 is 2.51 bits per heavy atom. The molecule has 4 heterocycles. The fourth-order valence-corrected chi connectivity index (χ4v) is 5.63. The van der Waals surface area contributed by atoms with Crippen molar-refractivity contribution in [3.63, 3.8) is 0 Å². The SMILES string of the molecule is CC(F)Oc1cc(-c2nn(C(C)C)c3cc(C(=O)NC4(C)CCS(=O)(=O)CC4)nnc23)c(F)cn1. The van der Waals surface area contributed by atoms with Crippen molar-refractivity contribution in [3.8, 4) is 17.1 Å². The summed E-state index contributed by atoms with van der Waals surface area (Å²) in [5.74, 6) is -1.31. The summed E-state index contributed by atoms with van der Waals surface area (Å²) >= 11 is 0. The van der Waals surface area contributed by atoms with Crippen LogP contribution in [-0.4, -0.2) is 62.7 Å². The monoisotopic (exact) mass is 508 g/mol. The van der Waals surface area contributed by atoms with Crippen LogP contribution in [0.2, 0.25) is 0 Å². The van der Waals surface area contributed by atoms with Gasteiger partial charge in [-0.2, -0.15) is 5.10 Å². The molecule has 1 aliphatic rings. The standard InChI is InChI=1S/C22H26F2N6O4S/c1-12(2)30-17-10-16(21(31)26-22(4)5-7-35(32,33)8-6-22)27-28-20(17)19(29-30)14-9-18(34-13(3)23)25-11-15(14)24/h9-13H,5-8H2,1-4H3,(H,26,31). The van der Waals surface area contributed by atoms with Gasteiger partial charge in [-0.25, -0.2) is 22.2 Å². The van der Waals surface area contributed by atoms with Gasteiger partial charge in [0.05, 0.1) is 23.2 Å². The van der Waals surface area contributed by atoms with Crippen LogP contribution in [0.5, 0.6) is 5.88 Å². The summed E-state index contributed by atoms with van der Waals surface area (Å²) in [5, 5.41) is 15.6. The van der Waals surface area contributed by atoms with E-state index in [9.17, 15) is 22.0 Å². The Morgan fingerprint density at radius 2 is 1.89 bits per heavy atom. The predicted octanol–water partition coefficient (Wildman–Crippen LogP) is 3.00. The van der Waals surface area contributed by atoms with E-state index in [2.05, 4.69) is 25.6 Å². The van der Waals surface area contributed by atoms with Crippen LogP contribution in [0.3, 0.4) is 0 Å². The summed E-state index contributed by atoms with van der Waals surface area (Å²) in [6.45, 7) is 6.70. The van der Waals surface area contributed by atoms with E-state index < -0.39 is 33.5 Å². The van der Waals surface area contributed by atoms with Gasteiger partial charge in [0.2, 0.25) is 12.2 Å².